The molecule has 41 heavy (non-hydrogen) atoms. The van der Waals surface area contributed by atoms with Gasteiger partial charge >= 0.3 is 5.97 Å². The molecule has 0 spiro atoms. The Bertz CT molecular complexity index is 1790. The lowest BCUT2D eigenvalue weighted by Crippen LogP contribution is -2.39. The van der Waals surface area contributed by atoms with Gasteiger partial charge in [-0.3, -0.25) is 4.79 Å². The number of aromatic amines is 1. The Morgan fingerprint density at radius 1 is 0.878 bits per heavy atom. The van der Waals surface area contributed by atoms with E-state index in [1.165, 1.54) is 10.9 Å². The molecule has 0 saturated heterocycles. The molecule has 1 amide bonds. The van der Waals surface area contributed by atoms with Gasteiger partial charge in [-0.15, -0.1) is 0 Å². The van der Waals surface area contributed by atoms with Crippen LogP contribution in [0.15, 0.2) is 103 Å². The van der Waals surface area contributed by atoms with Crippen LogP contribution in [0.25, 0.3) is 17.0 Å². The van der Waals surface area contributed by atoms with E-state index in [9.17, 15) is 9.59 Å². The summed E-state index contributed by atoms with van der Waals surface area (Å²) >= 11 is 0. The first kappa shape index (κ1) is 24.7. The highest BCUT2D eigenvalue weighted by atomic mass is 16.7. The van der Waals surface area contributed by atoms with E-state index in [1.54, 1.807) is 48.6 Å². The second kappa shape index (κ2) is 10.4. The van der Waals surface area contributed by atoms with E-state index in [4.69, 9.17) is 14.2 Å². The first-order valence-corrected chi connectivity index (χ1v) is 13.5. The average molecular weight is 543 g/mol. The van der Waals surface area contributed by atoms with E-state index in [0.29, 0.717) is 29.4 Å². The van der Waals surface area contributed by atoms with Crippen LogP contribution in [0, 0.1) is 0 Å². The molecule has 2 aliphatic rings. The van der Waals surface area contributed by atoms with Crippen molar-refractivity contribution in [2.24, 2.45) is 0 Å². The summed E-state index contributed by atoms with van der Waals surface area (Å²) in [4.78, 5) is 31.6. The van der Waals surface area contributed by atoms with Crippen LogP contribution >= 0.6 is 0 Å². The van der Waals surface area contributed by atoms with Gasteiger partial charge in [-0.05, 0) is 71.7 Å². The second-order valence-corrected chi connectivity index (χ2v) is 10.0. The standard InChI is InChI=1S/C34H26N2O5/c37-31(17-12-22-10-13-23(14-11-22)34(38)41-25-6-2-1-3-7-25)36-19-18-27-26-8-4-5-9-28(26)35-32(27)33(36)24-15-16-29-30(20-24)40-21-39-29/h1-17,20,33,35H,18-19,21H2/b17-12+. The molecule has 1 unspecified atom stereocenters. The van der Waals surface area contributed by atoms with Crippen LogP contribution < -0.4 is 14.2 Å². The van der Waals surface area contributed by atoms with Crippen molar-refractivity contribution in [2.45, 2.75) is 12.5 Å². The third-order valence-corrected chi connectivity index (χ3v) is 7.55. The maximum absolute atomic E-state index is 13.7. The number of aromatic nitrogens is 1. The summed E-state index contributed by atoms with van der Waals surface area (Å²) in [6.07, 6.45) is 4.11. The van der Waals surface area contributed by atoms with Crippen LogP contribution in [0.1, 0.15) is 38.8 Å². The molecule has 0 saturated carbocycles. The maximum atomic E-state index is 13.7. The normalized spacial score (nSPS) is 15.7. The lowest BCUT2D eigenvalue weighted by atomic mass is 9.92. The predicted molar refractivity (Wildman–Crippen MR) is 155 cm³/mol. The number of H-pyrrole nitrogens is 1. The average Bonchev–Trinajstić information content (AvgIpc) is 3.64. The molecule has 202 valence electrons. The van der Waals surface area contributed by atoms with Gasteiger partial charge in [-0.25, -0.2) is 4.79 Å². The zero-order valence-corrected chi connectivity index (χ0v) is 22.1. The van der Waals surface area contributed by atoms with Crippen LogP contribution in [0.4, 0.5) is 0 Å². The summed E-state index contributed by atoms with van der Waals surface area (Å²) < 4.78 is 16.6. The van der Waals surface area contributed by atoms with Crippen LogP contribution in [-0.2, 0) is 11.2 Å². The van der Waals surface area contributed by atoms with Crippen LogP contribution in [0.3, 0.4) is 0 Å². The number of benzene rings is 4. The van der Waals surface area contributed by atoms with Crippen molar-refractivity contribution in [3.8, 4) is 17.2 Å². The van der Waals surface area contributed by atoms with Crippen molar-refractivity contribution < 1.29 is 23.8 Å². The van der Waals surface area contributed by atoms with Crippen LogP contribution in [0.5, 0.6) is 17.2 Å². The molecular weight excluding hydrogens is 516 g/mol. The quantitative estimate of drug-likeness (QED) is 0.160. The summed E-state index contributed by atoms with van der Waals surface area (Å²) in [6.45, 7) is 0.761. The van der Waals surface area contributed by atoms with Gasteiger partial charge in [0.15, 0.2) is 11.5 Å². The van der Waals surface area contributed by atoms with Crippen molar-refractivity contribution in [3.63, 3.8) is 0 Å². The number of nitrogens with zero attached hydrogens (tertiary/aromatic N) is 1. The van der Waals surface area contributed by atoms with Crippen molar-refractivity contribution >= 4 is 28.9 Å². The minimum Gasteiger partial charge on any atom is -0.454 e. The van der Waals surface area contributed by atoms with Gasteiger partial charge in [0, 0.05) is 29.2 Å². The number of carbonyl (C=O) groups excluding carboxylic acids is 2. The Labute approximate surface area is 236 Å². The van der Waals surface area contributed by atoms with E-state index >= 15 is 0 Å². The lowest BCUT2D eigenvalue weighted by Gasteiger charge is -2.35. The Balaban J connectivity index is 1.15. The zero-order chi connectivity index (χ0) is 27.8. The number of amides is 1. The van der Waals surface area contributed by atoms with Gasteiger partial charge in [0.1, 0.15) is 5.75 Å². The molecule has 1 atom stereocenters. The predicted octanol–water partition coefficient (Wildman–Crippen LogP) is 6.30. The molecule has 1 N–H and O–H groups in total. The number of ether oxygens (including phenoxy) is 3. The lowest BCUT2D eigenvalue weighted by molar-refractivity contribution is -0.128. The molecule has 0 radical (unpaired) electrons. The van der Waals surface area contributed by atoms with E-state index in [2.05, 4.69) is 17.1 Å². The van der Waals surface area contributed by atoms with Crippen LogP contribution in [-0.4, -0.2) is 35.1 Å². The smallest absolute Gasteiger partial charge is 0.343 e. The molecule has 7 heteroatoms. The first-order valence-electron chi connectivity index (χ1n) is 13.5. The molecule has 2 aliphatic heterocycles. The van der Waals surface area contributed by atoms with Crippen molar-refractivity contribution in [1.82, 2.24) is 9.88 Å². The van der Waals surface area contributed by atoms with Gasteiger partial charge in [0.05, 0.1) is 11.6 Å². The van der Waals surface area contributed by atoms with Crippen molar-refractivity contribution in [2.75, 3.05) is 13.3 Å². The van der Waals surface area contributed by atoms with Crippen LogP contribution in [0.2, 0.25) is 0 Å². The number of carbonyl (C=O) groups is 2. The summed E-state index contributed by atoms with van der Waals surface area (Å²) in [5, 5.41) is 1.18. The van der Waals surface area contributed by atoms with Gasteiger partial charge in [-0.2, -0.15) is 0 Å². The third kappa shape index (κ3) is 4.72. The monoisotopic (exact) mass is 542 g/mol. The van der Waals surface area contributed by atoms with Crippen molar-refractivity contribution in [3.05, 3.63) is 131 Å². The molecule has 5 aromatic rings. The third-order valence-electron chi connectivity index (χ3n) is 7.55. The van der Waals surface area contributed by atoms with Gasteiger partial charge in [0.2, 0.25) is 12.7 Å². The van der Waals surface area contributed by atoms with Crippen molar-refractivity contribution in [1.29, 1.82) is 0 Å². The van der Waals surface area contributed by atoms with E-state index in [1.807, 2.05) is 53.4 Å². The molecule has 4 aromatic carbocycles. The van der Waals surface area contributed by atoms with E-state index in [0.717, 1.165) is 28.8 Å². The number of hydrogen-bond acceptors (Lipinski definition) is 5. The zero-order valence-electron chi connectivity index (χ0n) is 22.1. The number of rotatable bonds is 5. The summed E-state index contributed by atoms with van der Waals surface area (Å²) in [7, 11) is 0. The molecular formula is C34H26N2O5. The molecule has 0 aliphatic carbocycles. The number of fused-ring (bicyclic) bond motifs is 4. The van der Waals surface area contributed by atoms with Gasteiger partial charge in [-0.1, -0.05) is 54.6 Å². The minimum absolute atomic E-state index is 0.107. The first-order chi connectivity index (χ1) is 20.1. The number of esters is 1. The number of para-hydroxylation sites is 2. The Hall–Kier alpha value is -5.30. The highest BCUT2D eigenvalue weighted by molar-refractivity contribution is 5.94. The fourth-order valence-corrected chi connectivity index (χ4v) is 5.56. The largest absolute Gasteiger partial charge is 0.454 e. The molecule has 3 heterocycles. The maximum Gasteiger partial charge on any atom is 0.343 e. The molecule has 0 bridgehead atoms. The SMILES string of the molecule is O=C(Oc1ccccc1)c1ccc(/C=C/C(=O)N2CCc3c([nH]c4ccccc34)C2c2ccc3c(c2)OCO3)cc1. The fourth-order valence-electron chi connectivity index (χ4n) is 5.56. The Kier molecular flexibility index (Phi) is 6.24. The van der Waals surface area contributed by atoms with Gasteiger partial charge in [0.25, 0.3) is 0 Å². The number of hydrogen-bond donors (Lipinski definition) is 1. The molecule has 0 fully saturated rings. The summed E-state index contributed by atoms with van der Waals surface area (Å²) in [6, 6.07) is 29.7. The van der Waals surface area contributed by atoms with Gasteiger partial charge < -0.3 is 24.1 Å². The highest BCUT2D eigenvalue weighted by Gasteiger charge is 2.34. The summed E-state index contributed by atoms with van der Waals surface area (Å²) in [5.41, 5.74) is 5.48. The molecule has 7 nitrogen and oxygen atoms in total. The highest BCUT2D eigenvalue weighted by Crippen LogP contribution is 2.42. The fraction of sp³-hybridized carbons (Fsp3) is 0.118. The minimum atomic E-state index is -0.433. The second-order valence-electron chi connectivity index (χ2n) is 10.0. The van der Waals surface area contributed by atoms with E-state index < -0.39 is 5.97 Å². The summed E-state index contributed by atoms with van der Waals surface area (Å²) in [5.74, 6) is 1.33. The molecule has 7 rings (SSSR count). The Morgan fingerprint density at radius 3 is 2.51 bits per heavy atom. The molecule has 1 aromatic heterocycles. The topological polar surface area (TPSA) is 80.9 Å². The number of nitrogens with one attached hydrogen (secondary N) is 1. The Morgan fingerprint density at radius 2 is 1.66 bits per heavy atom. The van der Waals surface area contributed by atoms with E-state index in [-0.39, 0.29) is 18.7 Å².